The molecular formula is C21H21NO4. The second-order valence-corrected chi connectivity index (χ2v) is 6.15. The van der Waals surface area contributed by atoms with E-state index in [2.05, 4.69) is 0 Å². The Morgan fingerprint density at radius 3 is 2.23 bits per heavy atom. The maximum Gasteiger partial charge on any atom is 0.336 e. The summed E-state index contributed by atoms with van der Waals surface area (Å²) in [4.78, 5) is 27.2. The van der Waals surface area contributed by atoms with Crippen molar-refractivity contribution in [2.24, 2.45) is 0 Å². The fourth-order valence-corrected chi connectivity index (χ4v) is 3.50. The lowest BCUT2D eigenvalue weighted by atomic mass is 9.92. The normalized spacial score (nSPS) is 18.2. The van der Waals surface area contributed by atoms with Gasteiger partial charge in [-0.15, -0.1) is 0 Å². The number of allylic oxidation sites excluding steroid dienone is 1. The predicted octanol–water partition coefficient (Wildman–Crippen LogP) is 2.79. The molecule has 1 N–H and O–H groups in total. The number of hydrogen-bond donors (Lipinski definition) is 1. The highest BCUT2D eigenvalue weighted by Crippen LogP contribution is 2.41. The SMILES string of the molecule is COC(=O)C1=C(C)N([C@@H](CO)c2ccccc2)C(=O)C1c1ccccc1. The number of esters is 1. The average molecular weight is 351 g/mol. The van der Waals surface area contributed by atoms with Crippen LogP contribution in [0, 0.1) is 0 Å². The van der Waals surface area contributed by atoms with Crippen LogP contribution in [0.25, 0.3) is 0 Å². The highest BCUT2D eigenvalue weighted by molar-refractivity contribution is 6.05. The molecule has 1 unspecified atom stereocenters. The van der Waals surface area contributed by atoms with Crippen LogP contribution in [0.5, 0.6) is 0 Å². The number of hydrogen-bond acceptors (Lipinski definition) is 4. The largest absolute Gasteiger partial charge is 0.466 e. The molecule has 5 heteroatoms. The van der Waals surface area contributed by atoms with Crippen molar-refractivity contribution in [2.45, 2.75) is 18.9 Å². The number of amides is 1. The van der Waals surface area contributed by atoms with Gasteiger partial charge in [-0.05, 0) is 18.1 Å². The molecule has 1 aliphatic rings. The minimum absolute atomic E-state index is 0.239. The van der Waals surface area contributed by atoms with Gasteiger partial charge in [0.15, 0.2) is 0 Å². The van der Waals surface area contributed by atoms with Crippen molar-refractivity contribution in [3.8, 4) is 0 Å². The summed E-state index contributed by atoms with van der Waals surface area (Å²) in [5.74, 6) is -1.50. The molecule has 0 aliphatic carbocycles. The Morgan fingerprint density at radius 2 is 1.69 bits per heavy atom. The summed E-state index contributed by atoms with van der Waals surface area (Å²) in [6.07, 6.45) is 0. The molecule has 0 bridgehead atoms. The van der Waals surface area contributed by atoms with E-state index in [1.165, 1.54) is 12.0 Å². The standard InChI is InChI=1S/C21H21NO4/c1-14-18(21(25)26-2)19(16-11-7-4-8-12-16)20(24)22(14)17(13-23)15-9-5-3-6-10-15/h3-12,17,19,23H,13H2,1-2H3/t17-,19?/m0/s1. The molecule has 0 saturated carbocycles. The monoisotopic (exact) mass is 351 g/mol. The van der Waals surface area contributed by atoms with E-state index in [4.69, 9.17) is 4.74 Å². The lowest BCUT2D eigenvalue weighted by Crippen LogP contribution is -2.33. The van der Waals surface area contributed by atoms with Crippen LogP contribution in [-0.2, 0) is 14.3 Å². The zero-order valence-corrected chi connectivity index (χ0v) is 14.8. The van der Waals surface area contributed by atoms with Crippen molar-refractivity contribution in [1.82, 2.24) is 4.90 Å². The summed E-state index contributed by atoms with van der Waals surface area (Å²) in [5, 5.41) is 9.98. The first-order valence-corrected chi connectivity index (χ1v) is 8.43. The second-order valence-electron chi connectivity index (χ2n) is 6.15. The fraction of sp³-hybridized carbons (Fsp3) is 0.238. The summed E-state index contributed by atoms with van der Waals surface area (Å²) in [7, 11) is 1.30. The van der Waals surface area contributed by atoms with Gasteiger partial charge < -0.3 is 14.7 Å². The summed E-state index contributed by atoms with van der Waals surface area (Å²) in [5.41, 5.74) is 2.36. The van der Waals surface area contributed by atoms with E-state index in [1.54, 1.807) is 6.92 Å². The summed E-state index contributed by atoms with van der Waals surface area (Å²) in [6.45, 7) is 1.47. The Balaban J connectivity index is 2.11. The van der Waals surface area contributed by atoms with Gasteiger partial charge in [0, 0.05) is 5.70 Å². The van der Waals surface area contributed by atoms with Crippen LogP contribution in [0.1, 0.15) is 30.0 Å². The number of nitrogens with zero attached hydrogens (tertiary/aromatic N) is 1. The van der Waals surface area contributed by atoms with Gasteiger partial charge in [-0.3, -0.25) is 4.79 Å². The van der Waals surface area contributed by atoms with Gasteiger partial charge in [0.1, 0.15) is 0 Å². The number of carbonyl (C=O) groups excluding carboxylic acids is 2. The van der Waals surface area contributed by atoms with Crippen molar-refractivity contribution in [3.05, 3.63) is 83.1 Å². The van der Waals surface area contributed by atoms with Crippen LogP contribution in [-0.4, -0.2) is 35.6 Å². The first-order chi connectivity index (χ1) is 12.6. The van der Waals surface area contributed by atoms with Gasteiger partial charge in [-0.25, -0.2) is 4.79 Å². The minimum Gasteiger partial charge on any atom is -0.466 e. The van der Waals surface area contributed by atoms with Crippen LogP contribution >= 0.6 is 0 Å². The molecule has 1 heterocycles. The van der Waals surface area contributed by atoms with Gasteiger partial charge in [0.25, 0.3) is 0 Å². The molecule has 3 rings (SSSR count). The molecule has 2 aromatic carbocycles. The number of ether oxygens (including phenoxy) is 1. The van der Waals surface area contributed by atoms with Crippen LogP contribution in [0.15, 0.2) is 71.9 Å². The van der Waals surface area contributed by atoms with Gasteiger partial charge in [-0.2, -0.15) is 0 Å². The van der Waals surface area contributed by atoms with Crippen LogP contribution < -0.4 is 0 Å². The molecule has 2 atom stereocenters. The molecular weight excluding hydrogens is 330 g/mol. The summed E-state index contributed by atoms with van der Waals surface area (Å²) < 4.78 is 4.93. The Morgan fingerprint density at radius 1 is 1.12 bits per heavy atom. The molecule has 1 amide bonds. The quantitative estimate of drug-likeness (QED) is 0.841. The van der Waals surface area contributed by atoms with Crippen LogP contribution in [0.2, 0.25) is 0 Å². The maximum atomic E-state index is 13.3. The first kappa shape index (κ1) is 17.9. The van der Waals surface area contributed by atoms with Crippen molar-refractivity contribution >= 4 is 11.9 Å². The number of carbonyl (C=O) groups is 2. The number of methoxy groups -OCH3 is 1. The maximum absolute atomic E-state index is 13.3. The van der Waals surface area contributed by atoms with Gasteiger partial charge in [-0.1, -0.05) is 60.7 Å². The summed E-state index contributed by atoms with van der Waals surface area (Å²) >= 11 is 0. The Labute approximate surface area is 152 Å². The van der Waals surface area contributed by atoms with Gasteiger partial charge in [0.05, 0.1) is 31.2 Å². The van der Waals surface area contributed by atoms with Crippen molar-refractivity contribution in [2.75, 3.05) is 13.7 Å². The van der Waals surface area contributed by atoms with E-state index in [0.29, 0.717) is 11.3 Å². The van der Waals surface area contributed by atoms with E-state index in [-0.39, 0.29) is 12.5 Å². The molecule has 2 aromatic rings. The number of aliphatic hydroxyl groups is 1. The summed E-state index contributed by atoms with van der Waals surface area (Å²) in [6, 6.07) is 17.9. The van der Waals surface area contributed by atoms with Crippen LogP contribution in [0.3, 0.4) is 0 Å². The topological polar surface area (TPSA) is 66.8 Å². The highest BCUT2D eigenvalue weighted by atomic mass is 16.5. The smallest absolute Gasteiger partial charge is 0.336 e. The Bertz CT molecular complexity index is 830. The van der Waals surface area contributed by atoms with E-state index in [9.17, 15) is 14.7 Å². The molecule has 134 valence electrons. The van der Waals surface area contributed by atoms with E-state index in [1.807, 2.05) is 60.7 Å². The Hall–Kier alpha value is -2.92. The molecule has 1 aliphatic heterocycles. The van der Waals surface area contributed by atoms with Crippen molar-refractivity contribution in [3.63, 3.8) is 0 Å². The average Bonchev–Trinajstić information content (AvgIpc) is 2.94. The van der Waals surface area contributed by atoms with E-state index in [0.717, 1.165) is 11.1 Å². The van der Waals surface area contributed by atoms with Crippen molar-refractivity contribution in [1.29, 1.82) is 0 Å². The van der Waals surface area contributed by atoms with E-state index >= 15 is 0 Å². The lowest BCUT2D eigenvalue weighted by molar-refractivity contribution is -0.137. The lowest BCUT2D eigenvalue weighted by Gasteiger charge is -2.28. The highest BCUT2D eigenvalue weighted by Gasteiger charge is 2.45. The number of benzene rings is 2. The molecule has 0 aromatic heterocycles. The first-order valence-electron chi connectivity index (χ1n) is 8.43. The molecule has 26 heavy (non-hydrogen) atoms. The third-order valence-electron chi connectivity index (χ3n) is 4.73. The fourth-order valence-electron chi connectivity index (χ4n) is 3.50. The number of rotatable bonds is 5. The third kappa shape index (κ3) is 3.02. The molecule has 5 nitrogen and oxygen atoms in total. The second kappa shape index (κ2) is 7.54. The molecule has 0 saturated heterocycles. The number of aliphatic hydroxyl groups excluding tert-OH is 1. The van der Waals surface area contributed by atoms with Crippen molar-refractivity contribution < 1.29 is 19.4 Å². The van der Waals surface area contributed by atoms with Gasteiger partial charge >= 0.3 is 5.97 Å². The minimum atomic E-state index is -0.735. The zero-order chi connectivity index (χ0) is 18.7. The zero-order valence-electron chi connectivity index (χ0n) is 14.8. The molecule has 0 radical (unpaired) electrons. The Kier molecular flexibility index (Phi) is 5.19. The van der Waals surface area contributed by atoms with Gasteiger partial charge in [0.2, 0.25) is 5.91 Å². The third-order valence-corrected chi connectivity index (χ3v) is 4.73. The molecule has 0 fully saturated rings. The van der Waals surface area contributed by atoms with E-state index < -0.39 is 17.9 Å². The predicted molar refractivity (Wildman–Crippen MR) is 97.0 cm³/mol. The molecule has 0 spiro atoms. The van der Waals surface area contributed by atoms with Crippen LogP contribution in [0.4, 0.5) is 0 Å².